The fourth-order valence-corrected chi connectivity index (χ4v) is 2.63. The Labute approximate surface area is 67.3 Å². The SMILES string of the molecule is ClCCN1C[C@@H]2CC[C@H]1C2. The minimum absolute atomic E-state index is 0.809. The largest absolute Gasteiger partial charge is 0.299 e. The van der Waals surface area contributed by atoms with Crippen LogP contribution in [0.15, 0.2) is 0 Å². The van der Waals surface area contributed by atoms with Crippen molar-refractivity contribution in [2.75, 3.05) is 19.0 Å². The zero-order valence-corrected chi connectivity index (χ0v) is 6.98. The maximum absolute atomic E-state index is 5.68. The standard InChI is InChI=1S/C8H14ClN/c9-3-4-10-6-7-1-2-8(10)5-7/h7-8H,1-6H2/t7-,8+/m1/s1. The van der Waals surface area contributed by atoms with Crippen LogP contribution in [0.2, 0.25) is 0 Å². The highest BCUT2D eigenvalue weighted by atomic mass is 35.5. The number of hydrogen-bond donors (Lipinski definition) is 0. The molecule has 10 heavy (non-hydrogen) atoms. The van der Waals surface area contributed by atoms with E-state index in [4.69, 9.17) is 11.6 Å². The molecule has 0 spiro atoms. The van der Waals surface area contributed by atoms with E-state index in [1.165, 1.54) is 25.8 Å². The number of fused-ring (bicyclic) bond motifs is 2. The molecule has 2 aliphatic rings. The molecule has 1 aliphatic carbocycles. The van der Waals surface area contributed by atoms with Crippen LogP contribution < -0.4 is 0 Å². The van der Waals surface area contributed by atoms with Crippen LogP contribution in [-0.2, 0) is 0 Å². The fourth-order valence-electron chi connectivity index (χ4n) is 2.41. The van der Waals surface area contributed by atoms with Crippen molar-refractivity contribution in [2.45, 2.75) is 25.3 Å². The molecular formula is C8H14ClN. The summed E-state index contributed by atoms with van der Waals surface area (Å²) in [6, 6.07) is 0.906. The average molecular weight is 160 g/mol. The van der Waals surface area contributed by atoms with E-state index in [1.54, 1.807) is 0 Å². The van der Waals surface area contributed by atoms with Gasteiger partial charge in [0.05, 0.1) is 0 Å². The lowest BCUT2D eigenvalue weighted by molar-refractivity contribution is 0.226. The van der Waals surface area contributed by atoms with Crippen molar-refractivity contribution >= 4 is 11.6 Å². The summed E-state index contributed by atoms with van der Waals surface area (Å²) in [5.41, 5.74) is 0. The van der Waals surface area contributed by atoms with Gasteiger partial charge in [0.1, 0.15) is 0 Å². The predicted molar refractivity (Wildman–Crippen MR) is 43.4 cm³/mol. The summed E-state index contributed by atoms with van der Waals surface area (Å²) in [4.78, 5) is 2.56. The van der Waals surface area contributed by atoms with Gasteiger partial charge in [0.25, 0.3) is 0 Å². The molecule has 2 bridgehead atoms. The second-order valence-corrected chi connectivity index (χ2v) is 3.89. The van der Waals surface area contributed by atoms with Gasteiger partial charge in [-0.1, -0.05) is 0 Å². The topological polar surface area (TPSA) is 3.24 Å². The first kappa shape index (κ1) is 6.93. The molecule has 0 aromatic carbocycles. The van der Waals surface area contributed by atoms with Gasteiger partial charge in [0, 0.05) is 25.0 Å². The Bertz CT molecular complexity index is 126. The second kappa shape index (κ2) is 2.71. The Morgan fingerprint density at radius 3 is 2.80 bits per heavy atom. The van der Waals surface area contributed by atoms with Crippen molar-refractivity contribution < 1.29 is 0 Å². The third-order valence-electron chi connectivity index (χ3n) is 2.89. The van der Waals surface area contributed by atoms with Crippen molar-refractivity contribution in [3.05, 3.63) is 0 Å². The number of nitrogens with zero attached hydrogens (tertiary/aromatic N) is 1. The lowest BCUT2D eigenvalue weighted by atomic mass is 10.1. The first-order valence-corrected chi connectivity index (χ1v) is 4.73. The van der Waals surface area contributed by atoms with Crippen LogP contribution in [0, 0.1) is 5.92 Å². The van der Waals surface area contributed by atoms with Crippen LogP contribution >= 0.6 is 11.6 Å². The highest BCUT2D eigenvalue weighted by Gasteiger charge is 2.36. The number of piperidine rings is 1. The minimum atomic E-state index is 0.809. The third-order valence-corrected chi connectivity index (χ3v) is 3.06. The van der Waals surface area contributed by atoms with Crippen molar-refractivity contribution in [2.24, 2.45) is 5.92 Å². The minimum Gasteiger partial charge on any atom is -0.299 e. The summed E-state index contributed by atoms with van der Waals surface area (Å²) in [6.45, 7) is 2.44. The van der Waals surface area contributed by atoms with Gasteiger partial charge in [0.15, 0.2) is 0 Å². The predicted octanol–water partition coefficient (Wildman–Crippen LogP) is 1.71. The lowest BCUT2D eigenvalue weighted by Gasteiger charge is -2.25. The molecule has 1 saturated carbocycles. The zero-order chi connectivity index (χ0) is 6.97. The van der Waals surface area contributed by atoms with Crippen LogP contribution in [-0.4, -0.2) is 29.9 Å². The normalized spacial score (nSPS) is 39.3. The van der Waals surface area contributed by atoms with E-state index in [0.717, 1.165) is 24.4 Å². The van der Waals surface area contributed by atoms with E-state index in [-0.39, 0.29) is 0 Å². The quantitative estimate of drug-likeness (QED) is 0.555. The zero-order valence-electron chi connectivity index (χ0n) is 6.22. The summed E-state index contributed by atoms with van der Waals surface area (Å²) in [5, 5.41) is 0. The first-order valence-electron chi connectivity index (χ1n) is 4.20. The Kier molecular flexibility index (Phi) is 1.88. The summed E-state index contributed by atoms with van der Waals surface area (Å²) in [7, 11) is 0. The molecule has 1 aliphatic heterocycles. The second-order valence-electron chi connectivity index (χ2n) is 3.52. The summed E-state index contributed by atoms with van der Waals surface area (Å²) >= 11 is 5.68. The van der Waals surface area contributed by atoms with Gasteiger partial charge in [-0.25, -0.2) is 0 Å². The van der Waals surface area contributed by atoms with Crippen LogP contribution in [0.3, 0.4) is 0 Å². The Morgan fingerprint density at radius 2 is 2.30 bits per heavy atom. The molecular weight excluding hydrogens is 146 g/mol. The molecule has 0 aromatic heterocycles. The molecule has 2 fully saturated rings. The van der Waals surface area contributed by atoms with Gasteiger partial charge < -0.3 is 0 Å². The number of halogens is 1. The van der Waals surface area contributed by atoms with E-state index < -0.39 is 0 Å². The molecule has 0 amide bonds. The highest BCUT2D eigenvalue weighted by Crippen LogP contribution is 2.36. The van der Waals surface area contributed by atoms with E-state index in [0.29, 0.717) is 0 Å². The first-order chi connectivity index (χ1) is 4.90. The molecule has 0 radical (unpaired) electrons. The monoisotopic (exact) mass is 159 g/mol. The Morgan fingerprint density at radius 1 is 1.40 bits per heavy atom. The summed E-state index contributed by atoms with van der Waals surface area (Å²) < 4.78 is 0. The Balaban J connectivity index is 1.90. The van der Waals surface area contributed by atoms with Crippen LogP contribution in [0.4, 0.5) is 0 Å². The molecule has 2 heteroatoms. The van der Waals surface area contributed by atoms with Gasteiger partial charge in [-0.3, -0.25) is 4.90 Å². The molecule has 0 aromatic rings. The maximum Gasteiger partial charge on any atom is 0.0351 e. The number of likely N-dealkylation sites (tertiary alicyclic amines) is 1. The molecule has 0 unspecified atom stereocenters. The maximum atomic E-state index is 5.68. The van der Waals surface area contributed by atoms with Gasteiger partial charge in [0.2, 0.25) is 0 Å². The van der Waals surface area contributed by atoms with Crippen LogP contribution in [0.25, 0.3) is 0 Å². The van der Waals surface area contributed by atoms with E-state index in [9.17, 15) is 0 Å². The third kappa shape index (κ3) is 1.06. The average Bonchev–Trinajstić information content (AvgIpc) is 2.48. The van der Waals surface area contributed by atoms with Crippen LogP contribution in [0.1, 0.15) is 19.3 Å². The molecule has 2 atom stereocenters. The number of rotatable bonds is 2. The van der Waals surface area contributed by atoms with Gasteiger partial charge >= 0.3 is 0 Å². The van der Waals surface area contributed by atoms with Crippen LogP contribution in [0.5, 0.6) is 0 Å². The van der Waals surface area contributed by atoms with Crippen molar-refractivity contribution in [3.8, 4) is 0 Å². The smallest absolute Gasteiger partial charge is 0.0351 e. The molecule has 1 nitrogen and oxygen atoms in total. The molecule has 0 N–H and O–H groups in total. The lowest BCUT2D eigenvalue weighted by Crippen LogP contribution is -2.33. The summed E-state index contributed by atoms with van der Waals surface area (Å²) in [5.74, 6) is 1.83. The van der Waals surface area contributed by atoms with Crippen molar-refractivity contribution in [1.29, 1.82) is 0 Å². The fraction of sp³-hybridized carbons (Fsp3) is 1.00. The Hall–Kier alpha value is 0.250. The van der Waals surface area contributed by atoms with Crippen molar-refractivity contribution in [3.63, 3.8) is 0 Å². The molecule has 58 valence electrons. The van der Waals surface area contributed by atoms with E-state index in [1.807, 2.05) is 0 Å². The molecule has 1 saturated heterocycles. The van der Waals surface area contributed by atoms with E-state index >= 15 is 0 Å². The van der Waals surface area contributed by atoms with Gasteiger partial charge in [-0.2, -0.15) is 0 Å². The van der Waals surface area contributed by atoms with E-state index in [2.05, 4.69) is 4.90 Å². The number of hydrogen-bond acceptors (Lipinski definition) is 1. The van der Waals surface area contributed by atoms with Gasteiger partial charge in [-0.05, 0) is 25.2 Å². The summed E-state index contributed by atoms with van der Waals surface area (Å²) in [6.07, 6.45) is 4.36. The van der Waals surface area contributed by atoms with Crippen molar-refractivity contribution in [1.82, 2.24) is 4.90 Å². The number of alkyl halides is 1. The molecule has 2 rings (SSSR count). The highest BCUT2D eigenvalue weighted by molar-refractivity contribution is 6.18. The molecule has 1 heterocycles. The van der Waals surface area contributed by atoms with Gasteiger partial charge in [-0.15, -0.1) is 11.6 Å².